The van der Waals surface area contributed by atoms with E-state index in [9.17, 15) is 28.1 Å². The Bertz CT molecular complexity index is 911. The molecular formula is C17H19F3N4O5. The van der Waals surface area contributed by atoms with Crippen molar-refractivity contribution in [1.82, 2.24) is 15.1 Å². The highest BCUT2D eigenvalue weighted by Crippen LogP contribution is 2.36. The highest BCUT2D eigenvalue weighted by molar-refractivity contribution is 5.75. The van der Waals surface area contributed by atoms with Crippen LogP contribution in [0.5, 0.6) is 11.5 Å². The number of rotatable bonds is 8. The third kappa shape index (κ3) is 5.15. The van der Waals surface area contributed by atoms with Gasteiger partial charge in [-0.3, -0.25) is 19.6 Å². The first-order chi connectivity index (χ1) is 13.6. The van der Waals surface area contributed by atoms with Crippen molar-refractivity contribution in [2.45, 2.75) is 26.1 Å². The number of alkyl halides is 3. The Labute approximate surface area is 163 Å². The minimum atomic E-state index is -5.00. The van der Waals surface area contributed by atoms with Crippen LogP contribution in [0.3, 0.4) is 0 Å². The zero-order valence-electron chi connectivity index (χ0n) is 15.9. The first-order valence-electron chi connectivity index (χ1n) is 8.35. The van der Waals surface area contributed by atoms with Crippen LogP contribution >= 0.6 is 0 Å². The molecule has 0 atom stereocenters. The van der Waals surface area contributed by atoms with E-state index < -0.39 is 34.9 Å². The molecule has 12 heteroatoms. The van der Waals surface area contributed by atoms with Gasteiger partial charge in [-0.15, -0.1) is 0 Å². The van der Waals surface area contributed by atoms with Gasteiger partial charge in [0, 0.05) is 6.54 Å². The fourth-order valence-electron chi connectivity index (χ4n) is 2.67. The zero-order valence-corrected chi connectivity index (χ0v) is 15.9. The van der Waals surface area contributed by atoms with Crippen LogP contribution in [0.2, 0.25) is 0 Å². The van der Waals surface area contributed by atoms with Crippen LogP contribution in [-0.4, -0.2) is 41.4 Å². The molecule has 0 aliphatic carbocycles. The number of halogens is 3. The predicted molar refractivity (Wildman–Crippen MR) is 94.9 cm³/mol. The standard InChI is InChI=1S/C17H19F3N4O5/c1-10-15(24(26)27)16(17(18,19)20)22-23(10)9-14(25)21-7-6-11-4-5-12(28-2)13(8-11)29-3/h4-5,8H,6-7,9H2,1-3H3,(H,21,25). The number of ether oxygens (including phenoxy) is 2. The summed E-state index contributed by atoms with van der Waals surface area (Å²) in [6.45, 7) is 0.731. The highest BCUT2D eigenvalue weighted by atomic mass is 19.4. The number of benzene rings is 1. The summed E-state index contributed by atoms with van der Waals surface area (Å²) >= 11 is 0. The number of amides is 1. The lowest BCUT2D eigenvalue weighted by molar-refractivity contribution is -0.388. The van der Waals surface area contributed by atoms with Gasteiger partial charge in [-0.25, -0.2) is 0 Å². The van der Waals surface area contributed by atoms with Crippen molar-refractivity contribution in [2.24, 2.45) is 0 Å². The summed E-state index contributed by atoms with van der Waals surface area (Å²) in [6.07, 6.45) is -4.57. The fraction of sp³-hybridized carbons (Fsp3) is 0.412. The van der Waals surface area contributed by atoms with Crippen molar-refractivity contribution in [1.29, 1.82) is 0 Å². The number of nitrogens with one attached hydrogen (secondary N) is 1. The molecule has 1 amide bonds. The first-order valence-corrected chi connectivity index (χ1v) is 8.35. The van der Waals surface area contributed by atoms with Gasteiger partial charge in [0.1, 0.15) is 12.2 Å². The zero-order chi connectivity index (χ0) is 21.8. The molecule has 2 aromatic rings. The normalized spacial score (nSPS) is 11.2. The van der Waals surface area contributed by atoms with Gasteiger partial charge in [0.25, 0.3) is 0 Å². The van der Waals surface area contributed by atoms with E-state index in [2.05, 4.69) is 10.4 Å². The minimum Gasteiger partial charge on any atom is -0.493 e. The summed E-state index contributed by atoms with van der Waals surface area (Å²) in [5, 5.41) is 16.7. The number of hydrogen-bond acceptors (Lipinski definition) is 6. The average Bonchev–Trinajstić information content (AvgIpc) is 2.98. The van der Waals surface area contributed by atoms with E-state index >= 15 is 0 Å². The van der Waals surface area contributed by atoms with E-state index in [4.69, 9.17) is 9.47 Å². The summed E-state index contributed by atoms with van der Waals surface area (Å²) in [6, 6.07) is 5.23. The molecule has 29 heavy (non-hydrogen) atoms. The van der Waals surface area contributed by atoms with Gasteiger partial charge in [0.15, 0.2) is 11.5 Å². The second kappa shape index (κ2) is 8.80. The summed E-state index contributed by atoms with van der Waals surface area (Å²) in [4.78, 5) is 21.8. The van der Waals surface area contributed by atoms with Crippen molar-refractivity contribution in [3.8, 4) is 11.5 Å². The molecule has 9 nitrogen and oxygen atoms in total. The maximum Gasteiger partial charge on any atom is 0.442 e. The molecule has 0 saturated heterocycles. The number of aromatic nitrogens is 2. The molecule has 0 saturated carbocycles. The Hall–Kier alpha value is -3.31. The fourth-order valence-corrected chi connectivity index (χ4v) is 2.67. The summed E-state index contributed by atoms with van der Waals surface area (Å²) in [7, 11) is 2.99. The molecule has 0 radical (unpaired) electrons. The third-order valence-electron chi connectivity index (χ3n) is 4.10. The molecule has 1 heterocycles. The van der Waals surface area contributed by atoms with E-state index in [-0.39, 0.29) is 12.2 Å². The second-order valence-corrected chi connectivity index (χ2v) is 5.98. The van der Waals surface area contributed by atoms with Crippen LogP contribution in [0.4, 0.5) is 18.9 Å². The van der Waals surface area contributed by atoms with Crippen molar-refractivity contribution in [3.05, 3.63) is 45.3 Å². The topological polar surface area (TPSA) is 109 Å². The maximum atomic E-state index is 12.9. The molecule has 1 N–H and O–H groups in total. The monoisotopic (exact) mass is 416 g/mol. The summed E-state index contributed by atoms with van der Waals surface area (Å²) < 4.78 is 49.8. The number of methoxy groups -OCH3 is 2. The summed E-state index contributed by atoms with van der Waals surface area (Å²) in [5.41, 5.74) is -2.29. The lowest BCUT2D eigenvalue weighted by atomic mass is 10.1. The van der Waals surface area contributed by atoms with E-state index in [0.29, 0.717) is 22.6 Å². The van der Waals surface area contributed by atoms with E-state index in [0.717, 1.165) is 12.5 Å². The molecule has 1 aromatic carbocycles. The quantitative estimate of drug-likeness (QED) is 0.523. The molecule has 0 spiro atoms. The second-order valence-electron chi connectivity index (χ2n) is 5.98. The van der Waals surface area contributed by atoms with Crippen LogP contribution in [0.1, 0.15) is 17.0 Å². The Balaban J connectivity index is 2.02. The molecule has 158 valence electrons. The van der Waals surface area contributed by atoms with Crippen LogP contribution < -0.4 is 14.8 Å². The largest absolute Gasteiger partial charge is 0.493 e. The van der Waals surface area contributed by atoms with Gasteiger partial charge in [0.2, 0.25) is 11.6 Å². The van der Waals surface area contributed by atoms with Gasteiger partial charge >= 0.3 is 11.9 Å². The average molecular weight is 416 g/mol. The van der Waals surface area contributed by atoms with Crippen molar-refractivity contribution in [2.75, 3.05) is 20.8 Å². The van der Waals surface area contributed by atoms with Crippen molar-refractivity contribution >= 4 is 11.6 Å². The Kier molecular flexibility index (Phi) is 6.67. The van der Waals surface area contributed by atoms with Crippen LogP contribution in [0, 0.1) is 17.0 Å². The van der Waals surface area contributed by atoms with Crippen LogP contribution in [-0.2, 0) is 23.9 Å². The predicted octanol–water partition coefficient (Wildman–Crippen LogP) is 2.49. The van der Waals surface area contributed by atoms with Crippen molar-refractivity contribution in [3.63, 3.8) is 0 Å². The Morgan fingerprint density at radius 1 is 1.28 bits per heavy atom. The molecule has 0 aliphatic heterocycles. The number of carbonyl (C=O) groups excluding carboxylic acids is 1. The smallest absolute Gasteiger partial charge is 0.442 e. The first kappa shape index (κ1) is 22.0. The molecule has 0 unspecified atom stereocenters. The van der Waals surface area contributed by atoms with Gasteiger partial charge in [0.05, 0.1) is 19.1 Å². The van der Waals surface area contributed by atoms with Gasteiger partial charge < -0.3 is 14.8 Å². The van der Waals surface area contributed by atoms with Crippen molar-refractivity contribution < 1.29 is 32.4 Å². The number of carbonyl (C=O) groups is 1. The molecular weight excluding hydrogens is 397 g/mol. The van der Waals surface area contributed by atoms with E-state index in [1.807, 2.05) is 0 Å². The van der Waals surface area contributed by atoms with Gasteiger partial charge in [-0.2, -0.15) is 18.3 Å². The maximum absolute atomic E-state index is 12.9. The number of hydrogen-bond donors (Lipinski definition) is 1. The lowest BCUT2D eigenvalue weighted by Gasteiger charge is -2.10. The SMILES string of the molecule is COc1ccc(CCNC(=O)Cn2nc(C(F)(F)F)c([N+](=O)[O-])c2C)cc1OC. The molecule has 2 rings (SSSR count). The summed E-state index contributed by atoms with van der Waals surface area (Å²) in [5.74, 6) is 0.451. The Morgan fingerprint density at radius 2 is 1.93 bits per heavy atom. The van der Waals surface area contributed by atoms with Gasteiger partial charge in [-0.05, 0) is 31.0 Å². The van der Waals surface area contributed by atoms with Gasteiger partial charge in [-0.1, -0.05) is 6.07 Å². The highest BCUT2D eigenvalue weighted by Gasteiger charge is 2.44. The minimum absolute atomic E-state index is 0.197. The van der Waals surface area contributed by atoms with E-state index in [1.54, 1.807) is 18.2 Å². The molecule has 0 fully saturated rings. The number of nitro groups is 1. The van der Waals surface area contributed by atoms with E-state index in [1.165, 1.54) is 14.2 Å². The molecule has 0 aliphatic rings. The molecule has 1 aromatic heterocycles. The number of nitrogens with zero attached hydrogens (tertiary/aromatic N) is 3. The lowest BCUT2D eigenvalue weighted by Crippen LogP contribution is -2.30. The molecule has 0 bridgehead atoms. The Morgan fingerprint density at radius 3 is 2.45 bits per heavy atom. The van der Waals surface area contributed by atoms with Crippen LogP contribution in [0.15, 0.2) is 18.2 Å². The van der Waals surface area contributed by atoms with Crippen LogP contribution in [0.25, 0.3) is 0 Å². The third-order valence-corrected chi connectivity index (χ3v) is 4.10.